The second-order valence-corrected chi connectivity index (χ2v) is 25.7. The minimum atomic E-state index is -2.42. The summed E-state index contributed by atoms with van der Waals surface area (Å²) >= 11 is 0. The fourth-order valence-electron chi connectivity index (χ4n) is 17.4. The molecule has 0 aromatic carbocycles. The second kappa shape index (κ2) is 20.2. The number of fused-ring (bicyclic) bond motifs is 4. The van der Waals surface area contributed by atoms with Gasteiger partial charge in [-0.1, -0.05) is 52.7 Å². The SMILES string of the molecule is COC(=O)C12OC[C@]34[C@H]([C@@H](O)[C@@H]1O)[C@@]1(C)CC(=O)C(OC(=O)CC(=O)OC5=C(C)[C@@H]6C[C@H]7OC(=O)[C@H](OC(=O)/C=C(\C)C(C)C)[C@H]8C9(C(=O)OC)OC[C@]78[C@H]([C@@H](O)[C@@H]9O)[C@@]6(C)CC5=O)=C(C)[C@@H]1C[C@H]3OC(=O)[C@H](OC(=O)/C=C(\C)C(C)C)[C@@H]24. The molecule has 0 aromatic rings. The van der Waals surface area contributed by atoms with Gasteiger partial charge in [0.05, 0.1) is 51.5 Å². The van der Waals surface area contributed by atoms with Gasteiger partial charge < -0.3 is 67.8 Å². The number of allylic oxidation sites excluding steroid dienone is 6. The van der Waals surface area contributed by atoms with E-state index < -0.39 is 221 Å². The Morgan fingerprint density at radius 1 is 0.590 bits per heavy atom. The molecular formula is C59H72O24. The molecule has 4 bridgehead atoms. The highest BCUT2D eigenvalue weighted by Gasteiger charge is 2.87. The van der Waals surface area contributed by atoms with Gasteiger partial charge in [-0.25, -0.2) is 28.8 Å². The maximum atomic E-state index is 14.4. The van der Waals surface area contributed by atoms with Crippen molar-refractivity contribution in [3.63, 3.8) is 0 Å². The number of hydrogen-bond donors (Lipinski definition) is 4. The summed E-state index contributed by atoms with van der Waals surface area (Å²) in [5, 5.41) is 48.7. The summed E-state index contributed by atoms with van der Waals surface area (Å²) in [7, 11) is 2.06. The minimum Gasteiger partial charge on any atom is -0.467 e. The number of Topliss-reactive ketones (excluding diaryl/α,β-unsaturated/α-hetero) is 2. The first-order valence-corrected chi connectivity index (χ1v) is 28.1. The lowest BCUT2D eigenvalue weighted by Crippen LogP contribution is -2.79. The molecule has 24 nitrogen and oxygen atoms in total. The lowest BCUT2D eigenvalue weighted by molar-refractivity contribution is -0.290. The normalized spacial score (nSPS) is 43.0. The fraction of sp³-hybridized carbons (Fsp3) is 0.695. The summed E-state index contributed by atoms with van der Waals surface area (Å²) in [5.74, 6) is -18.4. The Morgan fingerprint density at radius 3 is 1.27 bits per heavy atom. The summed E-state index contributed by atoms with van der Waals surface area (Å²) in [6.07, 6.45) is -13.7. The Balaban J connectivity index is 0.904. The zero-order chi connectivity index (χ0) is 60.9. The third kappa shape index (κ3) is 8.10. The molecule has 2 unspecified atom stereocenters. The van der Waals surface area contributed by atoms with Crippen molar-refractivity contribution in [3.05, 3.63) is 46.0 Å². The van der Waals surface area contributed by atoms with Crippen molar-refractivity contribution in [1.29, 1.82) is 0 Å². The Morgan fingerprint density at radius 2 is 0.940 bits per heavy atom. The van der Waals surface area contributed by atoms with E-state index in [0.717, 1.165) is 14.2 Å². The van der Waals surface area contributed by atoms with Crippen LogP contribution in [0.3, 0.4) is 0 Å². The number of aliphatic hydroxyl groups excluding tert-OH is 4. The number of carbonyl (C=O) groups is 10. The van der Waals surface area contributed by atoms with Crippen molar-refractivity contribution in [1.82, 2.24) is 0 Å². The quantitative estimate of drug-likeness (QED) is 0.0934. The largest absolute Gasteiger partial charge is 0.467 e. The predicted molar refractivity (Wildman–Crippen MR) is 275 cm³/mol. The van der Waals surface area contributed by atoms with Crippen LogP contribution < -0.4 is 0 Å². The first-order valence-electron chi connectivity index (χ1n) is 28.1. The maximum absolute atomic E-state index is 14.4. The standard InChI is InChI=1S/C59H72O24/c1-22(2)24(5)13-34(62)82-42-46-56-20-76-58(46,52(72)74-11)48(68)38(66)44(56)54(9)18-30(60)40(26(7)28(54)15-32(56)78-50(42)70)80-36(64)17-37(65)81-41-27(8)29-16-33-57-21-77-59(53(73)75-12,49(69)39(67)45(57)55(29,10)19-31(41)61)47(57)43(51(71)79-33)83-35(63)14-25(6)23(3)4/h13-14,22-23,28-29,32-33,38-39,42-49,66-69H,15-21H2,1-12H3/b24-13+,25-14+/t28-,29-,32+,33+,38+,39+,42+,43+,44+,45+,46+,47+,48-,49-,54-,55-,56+,57+,58?,59?/m0/s1. The van der Waals surface area contributed by atoms with E-state index in [-0.39, 0.29) is 35.8 Å². The zero-order valence-corrected chi connectivity index (χ0v) is 48.3. The Labute approximate surface area is 477 Å². The van der Waals surface area contributed by atoms with Crippen LogP contribution in [0.25, 0.3) is 0 Å². The summed E-state index contributed by atoms with van der Waals surface area (Å²) in [4.78, 5) is 139. The molecular weight excluding hydrogens is 1090 g/mol. The monoisotopic (exact) mass is 1160 g/mol. The van der Waals surface area contributed by atoms with E-state index in [1.54, 1.807) is 27.7 Å². The molecule has 24 heteroatoms. The van der Waals surface area contributed by atoms with E-state index >= 15 is 0 Å². The maximum Gasteiger partial charge on any atom is 0.348 e. The number of esters is 8. The molecule has 0 aromatic heterocycles. The van der Waals surface area contributed by atoms with Gasteiger partial charge in [-0.2, -0.15) is 0 Å². The van der Waals surface area contributed by atoms with Gasteiger partial charge in [-0.3, -0.25) is 19.2 Å². The molecule has 83 heavy (non-hydrogen) atoms. The Kier molecular flexibility index (Phi) is 14.6. The van der Waals surface area contributed by atoms with Crippen LogP contribution >= 0.6 is 0 Å². The van der Waals surface area contributed by atoms with Crippen molar-refractivity contribution >= 4 is 59.3 Å². The third-order valence-corrected chi connectivity index (χ3v) is 21.3. The van der Waals surface area contributed by atoms with E-state index in [1.165, 1.54) is 26.0 Å². The molecule has 2 spiro atoms. The summed E-state index contributed by atoms with van der Waals surface area (Å²) in [6, 6.07) is 0. The van der Waals surface area contributed by atoms with Gasteiger partial charge in [0.1, 0.15) is 30.8 Å². The molecule has 0 amide bonds. The molecule has 10 rings (SSSR count). The van der Waals surface area contributed by atoms with Crippen molar-refractivity contribution in [2.75, 3.05) is 27.4 Å². The molecule has 4 saturated carbocycles. The van der Waals surface area contributed by atoms with Crippen LogP contribution in [0, 0.1) is 69.0 Å². The fourth-order valence-corrected chi connectivity index (χ4v) is 17.4. The first kappa shape index (κ1) is 60.0. The topological polar surface area (TPSA) is 344 Å². The number of rotatable bonds is 12. The van der Waals surface area contributed by atoms with Crippen LogP contribution in [0.15, 0.2) is 46.0 Å². The molecule has 4 heterocycles. The average molecular weight is 1170 g/mol. The Bertz CT molecular complexity index is 2840. The van der Waals surface area contributed by atoms with Crippen LogP contribution in [0.5, 0.6) is 0 Å². The van der Waals surface area contributed by atoms with Gasteiger partial charge in [0.15, 0.2) is 23.1 Å². The van der Waals surface area contributed by atoms with Gasteiger partial charge in [-0.05, 0) is 86.2 Å². The van der Waals surface area contributed by atoms with Crippen LogP contribution in [-0.2, 0) is 95.3 Å². The van der Waals surface area contributed by atoms with Gasteiger partial charge in [0.25, 0.3) is 0 Å². The highest BCUT2D eigenvalue weighted by Crippen LogP contribution is 2.75. The molecule has 4 saturated heterocycles. The average Bonchev–Trinajstić information content (AvgIpc) is 1.62. The number of carbonyl (C=O) groups excluding carboxylic acids is 10. The molecule has 4 N–H and O–H groups in total. The first-order chi connectivity index (χ1) is 38.8. The predicted octanol–water partition coefficient (Wildman–Crippen LogP) is 1.68. The summed E-state index contributed by atoms with van der Waals surface area (Å²) in [6.45, 7) is 16.3. The van der Waals surface area contributed by atoms with E-state index in [2.05, 4.69) is 0 Å². The van der Waals surface area contributed by atoms with E-state index in [0.29, 0.717) is 11.1 Å². The number of hydrogen-bond acceptors (Lipinski definition) is 24. The molecule has 8 fully saturated rings. The number of methoxy groups -OCH3 is 2. The van der Waals surface area contributed by atoms with Crippen molar-refractivity contribution in [2.45, 2.75) is 161 Å². The van der Waals surface area contributed by atoms with E-state index in [4.69, 9.17) is 47.4 Å². The van der Waals surface area contributed by atoms with E-state index in [9.17, 15) is 68.4 Å². The highest BCUT2D eigenvalue weighted by molar-refractivity contribution is 6.02. The van der Waals surface area contributed by atoms with Crippen molar-refractivity contribution in [3.8, 4) is 0 Å². The highest BCUT2D eigenvalue weighted by atomic mass is 16.6. The molecule has 20 atom stereocenters. The van der Waals surface area contributed by atoms with Crippen LogP contribution in [-0.4, -0.2) is 167 Å². The van der Waals surface area contributed by atoms with Crippen LogP contribution in [0.1, 0.15) is 101 Å². The summed E-state index contributed by atoms with van der Waals surface area (Å²) < 4.78 is 57.8. The van der Waals surface area contributed by atoms with Gasteiger partial charge in [0, 0.05) is 47.7 Å². The smallest absolute Gasteiger partial charge is 0.348 e. The molecule has 0 radical (unpaired) electrons. The Hall–Kier alpha value is -6.18. The number of ether oxygens (including phenoxy) is 10. The third-order valence-electron chi connectivity index (χ3n) is 21.3. The second-order valence-electron chi connectivity index (χ2n) is 25.7. The molecule has 6 aliphatic carbocycles. The molecule has 10 aliphatic rings. The lowest BCUT2D eigenvalue weighted by Gasteiger charge is -2.67. The van der Waals surface area contributed by atoms with Gasteiger partial charge >= 0.3 is 47.8 Å². The van der Waals surface area contributed by atoms with Gasteiger partial charge in [-0.15, -0.1) is 0 Å². The number of ketones is 2. The number of aliphatic hydroxyl groups is 4. The summed E-state index contributed by atoms with van der Waals surface area (Å²) in [5.41, 5.74) is -9.09. The molecule has 4 aliphatic heterocycles. The van der Waals surface area contributed by atoms with Gasteiger partial charge in [0.2, 0.25) is 23.4 Å². The molecule has 452 valence electrons. The van der Waals surface area contributed by atoms with Crippen LogP contribution in [0.2, 0.25) is 0 Å². The zero-order valence-electron chi connectivity index (χ0n) is 48.3. The van der Waals surface area contributed by atoms with Crippen molar-refractivity contribution in [2.24, 2.45) is 69.0 Å². The van der Waals surface area contributed by atoms with Crippen LogP contribution in [0.4, 0.5) is 0 Å². The van der Waals surface area contributed by atoms with E-state index in [1.807, 2.05) is 27.7 Å². The van der Waals surface area contributed by atoms with Crippen molar-refractivity contribution < 1.29 is 116 Å². The lowest BCUT2D eigenvalue weighted by atomic mass is 9.38. The minimum absolute atomic E-state index is 0.0802.